The van der Waals surface area contributed by atoms with E-state index < -0.39 is 0 Å². The van der Waals surface area contributed by atoms with Gasteiger partial charge in [0.1, 0.15) is 24.8 Å². The van der Waals surface area contributed by atoms with Crippen LogP contribution in [0.5, 0.6) is 0 Å². The fourth-order valence-electron chi connectivity index (χ4n) is 1.36. The van der Waals surface area contributed by atoms with E-state index in [1.807, 2.05) is 19.1 Å². The zero-order valence-electron chi connectivity index (χ0n) is 9.01. The van der Waals surface area contributed by atoms with Crippen LogP contribution in [0.1, 0.15) is 17.3 Å². The van der Waals surface area contributed by atoms with Crippen LogP contribution in [-0.4, -0.2) is 9.97 Å². The van der Waals surface area contributed by atoms with Crippen LogP contribution in [-0.2, 0) is 18.0 Å². The van der Waals surface area contributed by atoms with Gasteiger partial charge in [-0.1, -0.05) is 0 Å². The molecule has 0 amide bonds. The smallest absolute Gasteiger partial charge is 0.156 e. The Hall–Kier alpha value is -1.88. The van der Waals surface area contributed by atoms with Gasteiger partial charge in [0.25, 0.3) is 0 Å². The number of hydrogen-bond donors (Lipinski definition) is 1. The van der Waals surface area contributed by atoms with Crippen LogP contribution in [0.3, 0.4) is 0 Å². The first kappa shape index (κ1) is 10.6. The molecule has 2 rings (SSSR count). The summed E-state index contributed by atoms with van der Waals surface area (Å²) in [5, 5.41) is 0. The predicted octanol–water partition coefficient (Wildman–Crippen LogP) is 1.68. The van der Waals surface area contributed by atoms with Gasteiger partial charge in [0.2, 0.25) is 0 Å². The van der Waals surface area contributed by atoms with Gasteiger partial charge in [-0.25, -0.2) is 9.97 Å². The minimum atomic E-state index is 0.326. The van der Waals surface area contributed by atoms with Crippen LogP contribution in [0.2, 0.25) is 0 Å². The third-order valence-corrected chi connectivity index (χ3v) is 1.98. The molecule has 0 spiro atoms. The normalized spacial score (nSPS) is 10.6. The van der Waals surface area contributed by atoms with Crippen molar-refractivity contribution in [2.45, 2.75) is 20.1 Å². The van der Waals surface area contributed by atoms with E-state index >= 15 is 0 Å². The summed E-state index contributed by atoms with van der Waals surface area (Å²) in [5.41, 5.74) is 6.44. The number of nitrogens with two attached hydrogens (primary N) is 1. The van der Waals surface area contributed by atoms with Crippen molar-refractivity contribution in [3.8, 4) is 0 Å². The molecule has 0 radical (unpaired) electrons. The van der Waals surface area contributed by atoms with Crippen molar-refractivity contribution in [3.63, 3.8) is 0 Å². The van der Waals surface area contributed by atoms with E-state index in [9.17, 15) is 0 Å². The number of rotatable bonds is 4. The van der Waals surface area contributed by atoms with Gasteiger partial charge >= 0.3 is 0 Å². The molecule has 0 bridgehead atoms. The third-order valence-electron chi connectivity index (χ3n) is 1.98. The molecule has 0 aliphatic carbocycles. The molecular formula is C11H13N3O2. The Morgan fingerprint density at radius 3 is 2.94 bits per heavy atom. The maximum absolute atomic E-state index is 5.60. The molecule has 0 saturated carbocycles. The molecule has 2 heterocycles. The molecule has 0 aliphatic rings. The first-order valence-electron chi connectivity index (χ1n) is 4.94. The maximum atomic E-state index is 5.60. The lowest BCUT2D eigenvalue weighted by Gasteiger charge is -2.03. The van der Waals surface area contributed by atoms with Crippen molar-refractivity contribution in [1.29, 1.82) is 0 Å². The van der Waals surface area contributed by atoms with E-state index in [0.717, 1.165) is 11.5 Å². The minimum absolute atomic E-state index is 0.326. The summed E-state index contributed by atoms with van der Waals surface area (Å²) in [6.07, 6.45) is 1.61. The number of nitrogens with zero attached hydrogens (tertiary/aromatic N) is 2. The third kappa shape index (κ3) is 2.80. The molecule has 0 unspecified atom stereocenters. The number of aryl methyl sites for hydroxylation is 1. The Balaban J connectivity index is 1.89. The zero-order chi connectivity index (χ0) is 11.4. The Morgan fingerprint density at radius 1 is 1.38 bits per heavy atom. The lowest BCUT2D eigenvalue weighted by Crippen LogP contribution is -2.03. The molecule has 5 heteroatoms. The van der Waals surface area contributed by atoms with Crippen LogP contribution in [0.25, 0.3) is 0 Å². The number of hydrogen-bond acceptors (Lipinski definition) is 5. The van der Waals surface area contributed by atoms with Gasteiger partial charge in [-0.15, -0.1) is 0 Å². The van der Waals surface area contributed by atoms with Gasteiger partial charge < -0.3 is 14.9 Å². The largest absolute Gasteiger partial charge is 0.467 e. The molecule has 5 nitrogen and oxygen atoms in total. The van der Waals surface area contributed by atoms with Gasteiger partial charge in [-0.3, -0.25) is 0 Å². The lowest BCUT2D eigenvalue weighted by atomic mass is 10.4. The van der Waals surface area contributed by atoms with Crippen molar-refractivity contribution in [2.75, 3.05) is 5.73 Å². The van der Waals surface area contributed by atoms with Crippen molar-refractivity contribution >= 4 is 5.82 Å². The first-order valence-corrected chi connectivity index (χ1v) is 4.94. The summed E-state index contributed by atoms with van der Waals surface area (Å²) in [4.78, 5) is 8.27. The van der Waals surface area contributed by atoms with Crippen LogP contribution >= 0.6 is 0 Å². The molecule has 0 aliphatic heterocycles. The van der Waals surface area contributed by atoms with E-state index in [0.29, 0.717) is 24.9 Å². The summed E-state index contributed by atoms with van der Waals surface area (Å²) < 4.78 is 10.5. The second kappa shape index (κ2) is 4.76. The van der Waals surface area contributed by atoms with Crippen molar-refractivity contribution in [2.24, 2.45) is 0 Å². The first-order chi connectivity index (χ1) is 7.74. The number of furan rings is 1. The van der Waals surface area contributed by atoms with Crippen molar-refractivity contribution in [3.05, 3.63) is 41.7 Å². The molecule has 2 aromatic rings. The highest BCUT2D eigenvalue weighted by Crippen LogP contribution is 2.06. The summed E-state index contributed by atoms with van der Waals surface area (Å²) >= 11 is 0. The molecule has 0 fully saturated rings. The Labute approximate surface area is 93.3 Å². The quantitative estimate of drug-likeness (QED) is 0.846. The zero-order valence-corrected chi connectivity index (χ0v) is 9.01. The monoisotopic (exact) mass is 219 g/mol. The number of aromatic nitrogens is 2. The Kier molecular flexibility index (Phi) is 3.16. The van der Waals surface area contributed by atoms with Crippen LogP contribution in [0, 0.1) is 6.92 Å². The summed E-state index contributed by atoms with van der Waals surface area (Å²) in [6.45, 7) is 2.60. The standard InChI is InChI=1S/C11H13N3O2/c1-8-5-10(12)14-11(13-8)7-15-6-9-3-2-4-16-9/h2-5H,6-7H2,1H3,(H2,12,13,14). The van der Waals surface area contributed by atoms with E-state index in [-0.39, 0.29) is 0 Å². The van der Waals surface area contributed by atoms with Crippen molar-refractivity contribution < 1.29 is 9.15 Å². The van der Waals surface area contributed by atoms with E-state index in [2.05, 4.69) is 9.97 Å². The fraction of sp³-hybridized carbons (Fsp3) is 0.273. The average Bonchev–Trinajstić information content (AvgIpc) is 2.69. The number of anilines is 1. The molecule has 2 N–H and O–H groups in total. The molecule has 0 aromatic carbocycles. The molecule has 0 saturated heterocycles. The molecule has 16 heavy (non-hydrogen) atoms. The molecular weight excluding hydrogens is 206 g/mol. The van der Waals surface area contributed by atoms with E-state index in [1.54, 1.807) is 12.3 Å². The van der Waals surface area contributed by atoms with E-state index in [1.165, 1.54) is 0 Å². The number of ether oxygens (including phenoxy) is 1. The topological polar surface area (TPSA) is 74.2 Å². The Bertz CT molecular complexity index is 434. The van der Waals surface area contributed by atoms with Gasteiger partial charge in [-0.05, 0) is 19.1 Å². The SMILES string of the molecule is Cc1cc(N)nc(COCc2ccco2)n1. The second-order valence-electron chi connectivity index (χ2n) is 3.42. The summed E-state index contributed by atoms with van der Waals surface area (Å²) in [7, 11) is 0. The predicted molar refractivity (Wildman–Crippen MR) is 58.4 cm³/mol. The highest BCUT2D eigenvalue weighted by Gasteiger charge is 2.01. The highest BCUT2D eigenvalue weighted by molar-refractivity contribution is 5.28. The highest BCUT2D eigenvalue weighted by atomic mass is 16.5. The summed E-state index contributed by atoms with van der Waals surface area (Å²) in [5.74, 6) is 1.83. The minimum Gasteiger partial charge on any atom is -0.467 e. The fourth-order valence-corrected chi connectivity index (χ4v) is 1.36. The molecule has 84 valence electrons. The summed E-state index contributed by atoms with van der Waals surface area (Å²) in [6, 6.07) is 5.39. The number of nitrogen functional groups attached to an aromatic ring is 1. The van der Waals surface area contributed by atoms with Crippen LogP contribution < -0.4 is 5.73 Å². The Morgan fingerprint density at radius 2 is 2.25 bits per heavy atom. The van der Waals surface area contributed by atoms with Gasteiger partial charge in [0, 0.05) is 11.8 Å². The van der Waals surface area contributed by atoms with Crippen LogP contribution in [0.15, 0.2) is 28.9 Å². The maximum Gasteiger partial charge on any atom is 0.156 e. The molecule has 2 aromatic heterocycles. The molecule has 0 atom stereocenters. The lowest BCUT2D eigenvalue weighted by molar-refractivity contribution is 0.0881. The van der Waals surface area contributed by atoms with Gasteiger partial charge in [-0.2, -0.15) is 0 Å². The average molecular weight is 219 g/mol. The van der Waals surface area contributed by atoms with Crippen LogP contribution in [0.4, 0.5) is 5.82 Å². The van der Waals surface area contributed by atoms with Gasteiger partial charge in [0.05, 0.1) is 6.26 Å². The van der Waals surface area contributed by atoms with Gasteiger partial charge in [0.15, 0.2) is 5.82 Å². The second-order valence-corrected chi connectivity index (χ2v) is 3.42. The van der Waals surface area contributed by atoms with E-state index in [4.69, 9.17) is 14.9 Å². The van der Waals surface area contributed by atoms with Crippen molar-refractivity contribution in [1.82, 2.24) is 9.97 Å².